The van der Waals surface area contributed by atoms with Gasteiger partial charge in [0.2, 0.25) is 0 Å². The summed E-state index contributed by atoms with van der Waals surface area (Å²) in [5, 5.41) is 6.94. The molecule has 0 aromatic carbocycles. The molecule has 0 atom stereocenters. The lowest BCUT2D eigenvalue weighted by molar-refractivity contribution is -0.131. The Kier molecular flexibility index (Phi) is 5.09. The first-order valence-electron chi connectivity index (χ1n) is 6.70. The molecule has 0 bridgehead atoms. The summed E-state index contributed by atoms with van der Waals surface area (Å²) in [6.07, 6.45) is 2.94. The number of hydrogen-bond acceptors (Lipinski definition) is 4. The fourth-order valence-electron chi connectivity index (χ4n) is 1.92. The Labute approximate surface area is 117 Å². The maximum Gasteiger partial charge on any atom is 0.255 e. The van der Waals surface area contributed by atoms with E-state index in [0.29, 0.717) is 25.3 Å². The molecule has 6 nitrogen and oxygen atoms in total. The van der Waals surface area contributed by atoms with Gasteiger partial charge in [-0.2, -0.15) is 5.10 Å². The highest BCUT2D eigenvalue weighted by Crippen LogP contribution is 2.09. The lowest BCUT2D eigenvalue weighted by Gasteiger charge is -2.17. The second kappa shape index (κ2) is 7.02. The van der Waals surface area contributed by atoms with Crippen LogP contribution in [0.15, 0.2) is 30.6 Å². The number of nitrogens with zero attached hydrogens (tertiary/aromatic N) is 2. The average molecular weight is 277 g/mol. The number of carbonyl (C=O) groups excluding carboxylic acids is 1. The Morgan fingerprint density at radius 3 is 2.80 bits per heavy atom. The van der Waals surface area contributed by atoms with E-state index >= 15 is 0 Å². The Balaban J connectivity index is 2.01. The number of amides is 1. The fraction of sp³-hybridized carbons (Fsp3) is 0.429. The highest BCUT2D eigenvalue weighted by molar-refractivity contribution is 6.00. The van der Waals surface area contributed by atoms with E-state index in [1.165, 1.54) is 0 Å². The van der Waals surface area contributed by atoms with Crippen LogP contribution in [0.3, 0.4) is 0 Å². The number of pyridine rings is 1. The molecule has 0 saturated heterocycles. The highest BCUT2D eigenvalue weighted by Gasteiger charge is 2.14. The Hall–Kier alpha value is -1.92. The van der Waals surface area contributed by atoms with Crippen LogP contribution >= 0.6 is 0 Å². The van der Waals surface area contributed by atoms with E-state index in [-0.39, 0.29) is 5.91 Å². The molecule has 6 heteroatoms. The van der Waals surface area contributed by atoms with Crippen molar-refractivity contribution in [3.05, 3.63) is 36.2 Å². The van der Waals surface area contributed by atoms with Crippen molar-refractivity contribution >= 4 is 11.4 Å². The molecule has 0 fully saturated rings. The average Bonchev–Trinajstić information content (AvgIpc) is 2.89. The molecule has 2 rings (SSSR count). The van der Waals surface area contributed by atoms with Gasteiger partial charge in [0, 0.05) is 19.4 Å². The molecule has 2 aromatic rings. The van der Waals surface area contributed by atoms with Gasteiger partial charge in [0.15, 0.2) is 6.29 Å². The van der Waals surface area contributed by atoms with Crippen LogP contribution in [0.4, 0.5) is 0 Å². The number of fused-ring (bicyclic) bond motifs is 1. The van der Waals surface area contributed by atoms with E-state index in [9.17, 15) is 4.79 Å². The Morgan fingerprint density at radius 1 is 1.35 bits per heavy atom. The van der Waals surface area contributed by atoms with Gasteiger partial charge in [0.25, 0.3) is 5.91 Å². The van der Waals surface area contributed by atoms with Crippen LogP contribution in [0, 0.1) is 0 Å². The molecule has 0 aliphatic carbocycles. The van der Waals surface area contributed by atoms with Crippen LogP contribution in [0.1, 0.15) is 24.2 Å². The van der Waals surface area contributed by atoms with E-state index in [1.807, 2.05) is 32.0 Å². The predicted octanol–water partition coefficient (Wildman–Crippen LogP) is 1.46. The normalized spacial score (nSPS) is 11.2. The fourth-order valence-corrected chi connectivity index (χ4v) is 1.92. The van der Waals surface area contributed by atoms with Crippen molar-refractivity contribution < 1.29 is 14.3 Å². The number of ether oxygens (including phenoxy) is 2. The quantitative estimate of drug-likeness (QED) is 0.778. The molecule has 1 amide bonds. The van der Waals surface area contributed by atoms with E-state index in [0.717, 1.165) is 5.52 Å². The largest absolute Gasteiger partial charge is 0.351 e. The summed E-state index contributed by atoms with van der Waals surface area (Å²) in [4.78, 5) is 12.2. The summed E-state index contributed by atoms with van der Waals surface area (Å²) in [5.41, 5.74) is 1.31. The van der Waals surface area contributed by atoms with Gasteiger partial charge in [-0.3, -0.25) is 4.79 Å². The summed E-state index contributed by atoms with van der Waals surface area (Å²) in [6, 6.07) is 5.59. The Bertz CT molecular complexity index is 562. The molecule has 0 radical (unpaired) electrons. The second-order valence-corrected chi connectivity index (χ2v) is 4.14. The second-order valence-electron chi connectivity index (χ2n) is 4.14. The monoisotopic (exact) mass is 277 g/mol. The first kappa shape index (κ1) is 14.5. The number of nitrogens with one attached hydrogen (secondary N) is 1. The van der Waals surface area contributed by atoms with Crippen LogP contribution in [0.5, 0.6) is 0 Å². The van der Waals surface area contributed by atoms with E-state index in [1.54, 1.807) is 16.9 Å². The molecule has 2 aromatic heterocycles. The minimum absolute atomic E-state index is 0.185. The summed E-state index contributed by atoms with van der Waals surface area (Å²) in [6.45, 7) is 5.16. The first-order chi connectivity index (χ1) is 9.76. The van der Waals surface area contributed by atoms with Crippen LogP contribution in [0.2, 0.25) is 0 Å². The number of rotatable bonds is 7. The van der Waals surface area contributed by atoms with Crippen molar-refractivity contribution in [1.29, 1.82) is 0 Å². The number of hydrogen-bond donors (Lipinski definition) is 1. The number of carbonyl (C=O) groups is 1. The third kappa shape index (κ3) is 3.34. The maximum atomic E-state index is 12.2. The van der Waals surface area contributed by atoms with Gasteiger partial charge < -0.3 is 14.8 Å². The third-order valence-electron chi connectivity index (χ3n) is 2.81. The lowest BCUT2D eigenvalue weighted by Crippen LogP contribution is -2.35. The highest BCUT2D eigenvalue weighted by atomic mass is 16.7. The molecule has 0 unspecified atom stereocenters. The third-order valence-corrected chi connectivity index (χ3v) is 2.81. The van der Waals surface area contributed by atoms with E-state index < -0.39 is 6.29 Å². The standard InChI is InChI=1S/C14H19N3O3/c1-3-19-13(20-4-2)10-15-14(18)11-9-16-17-8-6-5-7-12(11)17/h5-9,13H,3-4,10H2,1-2H3,(H,15,18). The van der Waals surface area contributed by atoms with Gasteiger partial charge in [-0.15, -0.1) is 0 Å². The molecule has 1 N–H and O–H groups in total. The van der Waals surface area contributed by atoms with Gasteiger partial charge in [0.05, 0.1) is 23.8 Å². The summed E-state index contributed by atoms with van der Waals surface area (Å²) in [5.74, 6) is -0.185. The minimum Gasteiger partial charge on any atom is -0.351 e. The molecule has 0 spiro atoms. The smallest absolute Gasteiger partial charge is 0.255 e. The van der Waals surface area contributed by atoms with Crippen molar-refractivity contribution in [3.63, 3.8) is 0 Å². The lowest BCUT2D eigenvalue weighted by atomic mass is 10.2. The van der Waals surface area contributed by atoms with E-state index in [2.05, 4.69) is 10.4 Å². The van der Waals surface area contributed by atoms with Crippen LogP contribution in [0.25, 0.3) is 5.52 Å². The van der Waals surface area contributed by atoms with Gasteiger partial charge in [-0.05, 0) is 26.0 Å². The number of aromatic nitrogens is 2. The zero-order valence-corrected chi connectivity index (χ0v) is 11.7. The molecule has 0 aliphatic rings. The van der Waals surface area contributed by atoms with Crippen LogP contribution in [-0.2, 0) is 9.47 Å². The zero-order valence-electron chi connectivity index (χ0n) is 11.7. The molecular weight excluding hydrogens is 258 g/mol. The maximum absolute atomic E-state index is 12.2. The molecule has 2 heterocycles. The van der Waals surface area contributed by atoms with Crippen LogP contribution in [-0.4, -0.2) is 41.6 Å². The minimum atomic E-state index is -0.421. The molecule has 0 saturated carbocycles. The van der Waals surface area contributed by atoms with Crippen molar-refractivity contribution in [2.24, 2.45) is 0 Å². The summed E-state index contributed by atoms with van der Waals surface area (Å²) >= 11 is 0. The summed E-state index contributed by atoms with van der Waals surface area (Å²) < 4.78 is 12.4. The van der Waals surface area contributed by atoms with E-state index in [4.69, 9.17) is 9.47 Å². The van der Waals surface area contributed by atoms with Crippen molar-refractivity contribution in [1.82, 2.24) is 14.9 Å². The summed E-state index contributed by atoms with van der Waals surface area (Å²) in [7, 11) is 0. The Morgan fingerprint density at radius 2 is 2.10 bits per heavy atom. The van der Waals surface area contributed by atoms with Crippen molar-refractivity contribution in [2.45, 2.75) is 20.1 Å². The van der Waals surface area contributed by atoms with Gasteiger partial charge in [-0.1, -0.05) is 6.07 Å². The van der Waals surface area contributed by atoms with Crippen molar-refractivity contribution in [2.75, 3.05) is 19.8 Å². The topological polar surface area (TPSA) is 64.9 Å². The van der Waals surface area contributed by atoms with Gasteiger partial charge >= 0.3 is 0 Å². The SMILES string of the molecule is CCOC(CNC(=O)c1cnn2ccccc12)OCC. The molecule has 20 heavy (non-hydrogen) atoms. The predicted molar refractivity (Wildman–Crippen MR) is 74.6 cm³/mol. The van der Waals surface area contributed by atoms with Gasteiger partial charge in [0.1, 0.15) is 0 Å². The van der Waals surface area contributed by atoms with Gasteiger partial charge in [-0.25, -0.2) is 4.52 Å². The zero-order chi connectivity index (χ0) is 14.4. The molecule has 108 valence electrons. The van der Waals surface area contributed by atoms with Crippen molar-refractivity contribution in [3.8, 4) is 0 Å². The molecular formula is C14H19N3O3. The van der Waals surface area contributed by atoms with Crippen LogP contribution < -0.4 is 5.32 Å². The molecule has 0 aliphatic heterocycles. The first-order valence-corrected chi connectivity index (χ1v) is 6.70.